The van der Waals surface area contributed by atoms with Crippen LogP contribution in [0.15, 0.2) is 83.8 Å². The van der Waals surface area contributed by atoms with Crippen molar-refractivity contribution in [1.29, 1.82) is 0 Å². The quantitative estimate of drug-likeness (QED) is 0.0708. The average Bonchev–Trinajstić information content (AvgIpc) is 3.33. The third kappa shape index (κ3) is 7.88. The Morgan fingerprint density at radius 2 is 1.57 bits per heavy atom. The van der Waals surface area contributed by atoms with Gasteiger partial charge >= 0.3 is 5.97 Å². The zero-order valence-electron chi connectivity index (χ0n) is 23.9. The Bertz CT molecular complexity index is 1710. The molecule has 11 nitrogen and oxygen atoms in total. The molecule has 3 N–H and O–H groups in total. The molecule has 1 aromatic heterocycles. The first kappa shape index (κ1) is 31.9. The molecule has 44 heavy (non-hydrogen) atoms. The van der Waals surface area contributed by atoms with Gasteiger partial charge in [-0.2, -0.15) is 0 Å². The lowest BCUT2D eigenvalue weighted by Gasteiger charge is -2.13. The summed E-state index contributed by atoms with van der Waals surface area (Å²) in [6.07, 6.45) is 0. The highest BCUT2D eigenvalue weighted by molar-refractivity contribution is 8.00. The number of hydrogen-bond acceptors (Lipinski definition) is 9. The van der Waals surface area contributed by atoms with Crippen molar-refractivity contribution in [2.75, 3.05) is 22.6 Å². The van der Waals surface area contributed by atoms with Crippen molar-refractivity contribution < 1.29 is 28.8 Å². The molecule has 0 saturated heterocycles. The fraction of sp³-hybridized carbons (Fsp3) is 0.161. The van der Waals surface area contributed by atoms with Gasteiger partial charge in [-0.3, -0.25) is 24.5 Å². The molecular weight excluding hydrogens is 604 g/mol. The van der Waals surface area contributed by atoms with Crippen molar-refractivity contribution in [2.45, 2.75) is 30.9 Å². The van der Waals surface area contributed by atoms with Crippen molar-refractivity contribution in [2.24, 2.45) is 0 Å². The van der Waals surface area contributed by atoms with E-state index in [0.29, 0.717) is 21.8 Å². The number of ether oxygens (including phenoxy) is 1. The lowest BCUT2D eigenvalue weighted by Crippen LogP contribution is -2.23. The topological polar surface area (TPSA) is 157 Å². The summed E-state index contributed by atoms with van der Waals surface area (Å²) in [5.74, 6) is -1.91. The molecule has 0 fully saturated rings. The normalized spacial score (nSPS) is 11.2. The number of para-hydroxylation sites is 1. The summed E-state index contributed by atoms with van der Waals surface area (Å²) >= 11 is 2.22. The maximum absolute atomic E-state index is 13.3. The fourth-order valence-corrected chi connectivity index (χ4v) is 6.05. The van der Waals surface area contributed by atoms with Crippen LogP contribution in [0.1, 0.15) is 49.8 Å². The van der Waals surface area contributed by atoms with Crippen LogP contribution in [0.2, 0.25) is 0 Å². The zero-order chi connectivity index (χ0) is 31.8. The molecule has 0 spiro atoms. The molecule has 0 radical (unpaired) electrons. The van der Waals surface area contributed by atoms with E-state index in [0.717, 1.165) is 11.3 Å². The molecule has 3 aromatic carbocycles. The Balaban J connectivity index is 1.46. The van der Waals surface area contributed by atoms with Gasteiger partial charge in [-0.25, -0.2) is 4.79 Å². The summed E-state index contributed by atoms with van der Waals surface area (Å²) in [7, 11) is 0. The Kier molecular flexibility index (Phi) is 10.5. The van der Waals surface area contributed by atoms with Crippen LogP contribution in [-0.4, -0.2) is 40.5 Å². The summed E-state index contributed by atoms with van der Waals surface area (Å²) in [5, 5.41) is 18.8. The number of esters is 1. The van der Waals surface area contributed by atoms with Crippen molar-refractivity contribution in [3.63, 3.8) is 0 Å². The number of benzene rings is 3. The van der Waals surface area contributed by atoms with E-state index >= 15 is 0 Å². The minimum absolute atomic E-state index is 0.119. The number of thioether (sulfide) groups is 1. The molecule has 1 atom stereocenters. The third-order valence-corrected chi connectivity index (χ3v) is 8.52. The van der Waals surface area contributed by atoms with Gasteiger partial charge in [0.05, 0.1) is 27.2 Å². The Hall–Kier alpha value is -5.01. The highest BCUT2D eigenvalue weighted by Gasteiger charge is 2.28. The zero-order valence-corrected chi connectivity index (χ0v) is 25.5. The van der Waals surface area contributed by atoms with Crippen LogP contribution in [0, 0.1) is 17.0 Å². The molecule has 3 amide bonds. The number of nitrogens with zero attached hydrogens (tertiary/aromatic N) is 1. The molecule has 0 aliphatic heterocycles. The van der Waals surface area contributed by atoms with Crippen LogP contribution in [0.5, 0.6) is 0 Å². The number of hydrogen-bond donors (Lipinski definition) is 3. The maximum atomic E-state index is 13.3. The Morgan fingerprint density at radius 1 is 0.909 bits per heavy atom. The van der Waals surface area contributed by atoms with Gasteiger partial charge in [-0.15, -0.1) is 23.1 Å². The Morgan fingerprint density at radius 3 is 2.23 bits per heavy atom. The van der Waals surface area contributed by atoms with Gasteiger partial charge in [-0.05, 0) is 68.8 Å². The van der Waals surface area contributed by atoms with Crippen molar-refractivity contribution in [3.05, 3.63) is 111 Å². The van der Waals surface area contributed by atoms with Gasteiger partial charge in [-0.1, -0.05) is 24.3 Å². The predicted octanol–water partition coefficient (Wildman–Crippen LogP) is 6.77. The molecule has 0 aliphatic carbocycles. The van der Waals surface area contributed by atoms with Gasteiger partial charge in [0.2, 0.25) is 5.91 Å². The van der Waals surface area contributed by atoms with Crippen LogP contribution in [0.4, 0.5) is 22.1 Å². The van der Waals surface area contributed by atoms with E-state index in [9.17, 15) is 29.3 Å². The predicted molar refractivity (Wildman–Crippen MR) is 171 cm³/mol. The first-order chi connectivity index (χ1) is 21.1. The minimum Gasteiger partial charge on any atom is -0.462 e. The van der Waals surface area contributed by atoms with E-state index in [2.05, 4.69) is 16.0 Å². The molecule has 1 unspecified atom stereocenters. The second-order valence-corrected chi connectivity index (χ2v) is 11.8. The molecule has 1 heterocycles. The monoisotopic (exact) mass is 632 g/mol. The first-order valence-electron chi connectivity index (χ1n) is 13.4. The number of non-ortho nitro benzene ring substituents is 1. The smallest absolute Gasteiger partial charge is 0.341 e. The summed E-state index contributed by atoms with van der Waals surface area (Å²) in [6.45, 7) is 5.11. The first-order valence-corrected chi connectivity index (χ1v) is 15.1. The lowest BCUT2D eigenvalue weighted by atomic mass is 10.1. The number of nitro benzene ring substituents is 1. The van der Waals surface area contributed by atoms with Crippen molar-refractivity contribution >= 4 is 68.9 Å². The molecular formula is C31H28N4O7S2. The molecule has 4 aromatic rings. The SMILES string of the molecule is CCOC(=O)c1c(NC(=O)C(C)Sc2cccc(NC(=O)c3ccc([N+](=O)[O-])cc3)c2)sc(C(=O)Nc2ccccc2)c1C. The summed E-state index contributed by atoms with van der Waals surface area (Å²) < 4.78 is 5.21. The number of anilines is 3. The van der Waals surface area contributed by atoms with E-state index in [1.54, 1.807) is 69.3 Å². The highest BCUT2D eigenvalue weighted by atomic mass is 32.2. The van der Waals surface area contributed by atoms with Crippen LogP contribution in [-0.2, 0) is 9.53 Å². The lowest BCUT2D eigenvalue weighted by molar-refractivity contribution is -0.384. The van der Waals surface area contributed by atoms with Crippen LogP contribution in [0.3, 0.4) is 0 Å². The number of carbonyl (C=O) groups excluding carboxylic acids is 4. The van der Waals surface area contributed by atoms with E-state index < -0.39 is 33.9 Å². The van der Waals surface area contributed by atoms with Gasteiger partial charge in [0.15, 0.2) is 0 Å². The van der Waals surface area contributed by atoms with Gasteiger partial charge < -0.3 is 20.7 Å². The maximum Gasteiger partial charge on any atom is 0.341 e. The second kappa shape index (κ2) is 14.4. The van der Waals surface area contributed by atoms with Crippen LogP contribution >= 0.6 is 23.1 Å². The minimum atomic E-state index is -0.646. The number of rotatable bonds is 11. The van der Waals surface area contributed by atoms with Crippen LogP contribution < -0.4 is 16.0 Å². The van der Waals surface area contributed by atoms with E-state index in [1.807, 2.05) is 6.07 Å². The molecule has 4 rings (SSSR count). The summed E-state index contributed by atoms with van der Waals surface area (Å²) in [6, 6.07) is 21.0. The largest absolute Gasteiger partial charge is 0.462 e. The molecule has 0 aliphatic rings. The van der Waals surface area contributed by atoms with E-state index in [-0.39, 0.29) is 33.3 Å². The number of nitrogens with one attached hydrogen (secondary N) is 3. The molecule has 226 valence electrons. The second-order valence-electron chi connectivity index (χ2n) is 9.34. The third-order valence-electron chi connectivity index (χ3n) is 6.22. The average molecular weight is 633 g/mol. The number of thiophene rings is 1. The van der Waals surface area contributed by atoms with Gasteiger partial charge in [0.1, 0.15) is 5.00 Å². The number of nitro groups is 1. The molecule has 0 bridgehead atoms. The van der Waals surface area contributed by atoms with Crippen molar-refractivity contribution in [1.82, 2.24) is 0 Å². The number of carbonyl (C=O) groups is 4. The van der Waals surface area contributed by atoms with Crippen molar-refractivity contribution in [3.8, 4) is 0 Å². The van der Waals surface area contributed by atoms with Gasteiger partial charge in [0.25, 0.3) is 17.5 Å². The summed E-state index contributed by atoms with van der Waals surface area (Å²) in [4.78, 5) is 63.1. The van der Waals surface area contributed by atoms with Crippen LogP contribution in [0.25, 0.3) is 0 Å². The number of amides is 3. The molecule has 0 saturated carbocycles. The standard InChI is InChI=1S/C31H28N4O7S2/c1-4-42-31(39)25-18(2)26(29(38)32-21-9-6-5-7-10-21)44-30(25)34-27(36)19(3)43-24-12-8-11-22(17-24)33-28(37)20-13-15-23(16-14-20)35(40)41/h5-17,19H,4H2,1-3H3,(H,32,38)(H,33,37)(H,34,36). The molecule has 13 heteroatoms. The fourth-order valence-electron chi connectivity index (χ4n) is 4.03. The van der Waals surface area contributed by atoms with E-state index in [4.69, 9.17) is 4.74 Å². The summed E-state index contributed by atoms with van der Waals surface area (Å²) in [5.41, 5.74) is 1.71. The van der Waals surface area contributed by atoms with Gasteiger partial charge in [0, 0.05) is 34.0 Å². The Labute approximate surface area is 261 Å². The van der Waals surface area contributed by atoms with E-state index in [1.165, 1.54) is 36.0 Å². The highest BCUT2D eigenvalue weighted by Crippen LogP contribution is 2.35.